The van der Waals surface area contributed by atoms with Crippen molar-refractivity contribution in [3.63, 3.8) is 0 Å². The number of hydrogen-bond donors (Lipinski definition) is 0. The Bertz CT molecular complexity index is 213. The van der Waals surface area contributed by atoms with Crippen molar-refractivity contribution in [3.8, 4) is 0 Å². The van der Waals surface area contributed by atoms with Crippen LogP contribution in [-0.4, -0.2) is 28.9 Å². The molecule has 22 heavy (non-hydrogen) atoms. The van der Waals surface area contributed by atoms with Gasteiger partial charge in [-0.2, -0.15) is 0 Å². The van der Waals surface area contributed by atoms with Crippen LogP contribution in [0.25, 0.3) is 0 Å². The molecule has 0 fully saturated rings. The van der Waals surface area contributed by atoms with Crippen LogP contribution in [0.1, 0.15) is 79.1 Å². The van der Waals surface area contributed by atoms with Gasteiger partial charge < -0.3 is 9.47 Å². The topological polar surface area (TPSA) is 18.5 Å². The maximum atomic E-state index is 5.70. The molecular weight excluding hydrogens is 288 g/mol. The minimum atomic E-state index is -1.03. The molecule has 134 valence electrons. The highest BCUT2D eigenvalue weighted by Crippen LogP contribution is 2.28. The van der Waals surface area contributed by atoms with Crippen LogP contribution in [0.2, 0.25) is 12.1 Å². The Hall–Kier alpha value is 0.137. The van der Waals surface area contributed by atoms with Gasteiger partial charge >= 0.3 is 0 Å². The molecule has 0 aromatic carbocycles. The largest absolute Gasteiger partial charge is 0.360 e. The number of hydrogen-bond acceptors (Lipinski definition) is 2. The Morgan fingerprint density at radius 2 is 1.14 bits per heavy atom. The molecule has 0 heterocycles. The van der Waals surface area contributed by atoms with E-state index < -0.39 is 8.80 Å². The highest BCUT2D eigenvalue weighted by atomic mass is 28.3. The van der Waals surface area contributed by atoms with Gasteiger partial charge in [0, 0.05) is 14.2 Å². The maximum absolute atomic E-state index is 5.70. The molecule has 2 nitrogen and oxygen atoms in total. The molecule has 2 unspecified atom stereocenters. The van der Waals surface area contributed by atoms with Crippen LogP contribution in [0.4, 0.5) is 0 Å². The monoisotopic (exact) mass is 330 g/mol. The van der Waals surface area contributed by atoms with Crippen LogP contribution < -0.4 is 0 Å². The van der Waals surface area contributed by atoms with Crippen LogP contribution in [0, 0.1) is 11.8 Å². The summed E-state index contributed by atoms with van der Waals surface area (Å²) in [4.78, 5) is 0. The summed E-state index contributed by atoms with van der Waals surface area (Å²) >= 11 is 0. The van der Waals surface area contributed by atoms with E-state index in [1.807, 2.05) is 14.2 Å². The van der Waals surface area contributed by atoms with E-state index in [-0.39, 0.29) is 5.91 Å². The van der Waals surface area contributed by atoms with E-state index in [1.165, 1.54) is 63.5 Å². The second-order valence-electron chi connectivity index (χ2n) is 6.90. The predicted molar refractivity (Wildman–Crippen MR) is 101 cm³/mol. The minimum Gasteiger partial charge on any atom is -0.360 e. The van der Waals surface area contributed by atoms with Crippen LogP contribution in [0.5, 0.6) is 0 Å². The van der Waals surface area contributed by atoms with E-state index in [4.69, 9.17) is 9.47 Å². The van der Waals surface area contributed by atoms with Gasteiger partial charge in [0.1, 0.15) is 14.7 Å². The molecule has 2 atom stereocenters. The molecule has 3 heteroatoms. The fraction of sp³-hybridized carbons (Fsp3) is 1.00. The van der Waals surface area contributed by atoms with Gasteiger partial charge in [0.25, 0.3) is 0 Å². The second kappa shape index (κ2) is 14.7. The van der Waals surface area contributed by atoms with E-state index in [0.717, 1.165) is 11.8 Å². The molecule has 0 radical (unpaired) electrons. The van der Waals surface area contributed by atoms with Gasteiger partial charge in [0.05, 0.1) is 0 Å². The molecule has 0 bridgehead atoms. The Balaban J connectivity index is 4.71. The first-order valence-corrected chi connectivity index (χ1v) is 12.0. The highest BCUT2D eigenvalue weighted by Gasteiger charge is 2.28. The lowest BCUT2D eigenvalue weighted by Gasteiger charge is -2.30. The summed E-state index contributed by atoms with van der Waals surface area (Å²) < 4.78 is 11.4. The predicted octanol–water partition coefficient (Wildman–Crippen LogP) is 5.80. The molecule has 0 aromatic heterocycles. The van der Waals surface area contributed by atoms with Gasteiger partial charge in [-0.3, -0.25) is 0 Å². The zero-order chi connectivity index (χ0) is 16.8. The van der Waals surface area contributed by atoms with Crippen LogP contribution >= 0.6 is 0 Å². The molecule has 0 saturated heterocycles. The third-order valence-electron chi connectivity index (χ3n) is 5.21. The molecule has 0 spiro atoms. The molecule has 0 aromatic rings. The number of methoxy groups -OCH3 is 2. The van der Waals surface area contributed by atoms with Crippen molar-refractivity contribution in [2.45, 2.75) is 97.1 Å². The molecule has 0 N–H and O–H groups in total. The average Bonchev–Trinajstić information content (AvgIpc) is 2.55. The van der Waals surface area contributed by atoms with Gasteiger partial charge in [-0.15, -0.1) is 0 Å². The summed E-state index contributed by atoms with van der Waals surface area (Å²) in [6, 6.07) is 2.79. The van der Waals surface area contributed by atoms with Gasteiger partial charge in [-0.1, -0.05) is 91.1 Å². The van der Waals surface area contributed by atoms with Crippen LogP contribution in [-0.2, 0) is 9.47 Å². The molecule has 0 saturated carbocycles. The molecule has 0 aliphatic heterocycles. The van der Waals surface area contributed by atoms with Gasteiger partial charge in [-0.05, 0) is 11.8 Å². The van der Waals surface area contributed by atoms with Gasteiger partial charge in [0.2, 0.25) is 0 Å². The van der Waals surface area contributed by atoms with Gasteiger partial charge in [-0.25, -0.2) is 0 Å². The number of ether oxygens (including phenoxy) is 2. The van der Waals surface area contributed by atoms with Crippen molar-refractivity contribution in [1.29, 1.82) is 0 Å². The van der Waals surface area contributed by atoms with E-state index in [0.29, 0.717) is 0 Å². The van der Waals surface area contributed by atoms with E-state index in [2.05, 4.69) is 27.7 Å². The van der Waals surface area contributed by atoms with E-state index in [9.17, 15) is 0 Å². The molecule has 0 aliphatic rings. The maximum Gasteiger partial charge on any atom is 0.137 e. The minimum absolute atomic E-state index is 0.103. The first kappa shape index (κ1) is 22.1. The summed E-state index contributed by atoms with van der Waals surface area (Å²) in [5, 5.41) is 0. The number of unbranched alkanes of at least 4 members (excludes halogenated alkanes) is 2. The average molecular weight is 331 g/mol. The molecule has 0 aliphatic carbocycles. The molecular formula is C19H42O2Si. The Labute approximate surface area is 142 Å². The fourth-order valence-electron chi connectivity index (χ4n) is 3.62. The lowest BCUT2D eigenvalue weighted by Crippen LogP contribution is -2.37. The van der Waals surface area contributed by atoms with Crippen molar-refractivity contribution in [2.75, 3.05) is 14.2 Å². The third-order valence-corrected chi connectivity index (χ3v) is 9.07. The summed E-state index contributed by atoms with van der Waals surface area (Å²) in [5.41, 5.74) is 0. The standard InChI is InChI=1S/C19H42O2Si/c1-7-11-13-17(9-3)15-22(19(20-5)21-6)16-18(10-4)14-12-8-2/h17-19,22H,7-16H2,1-6H3. The number of rotatable bonds is 15. The quantitative estimate of drug-likeness (QED) is 0.279. The lowest BCUT2D eigenvalue weighted by atomic mass is 10.0. The smallest absolute Gasteiger partial charge is 0.137 e. The Kier molecular flexibility index (Phi) is 14.8. The summed E-state index contributed by atoms with van der Waals surface area (Å²) in [5.74, 6) is 1.87. The van der Waals surface area contributed by atoms with Crippen molar-refractivity contribution in [2.24, 2.45) is 11.8 Å². The first-order valence-electron chi connectivity index (χ1n) is 9.72. The van der Waals surface area contributed by atoms with Gasteiger partial charge in [0.15, 0.2) is 0 Å². The third kappa shape index (κ3) is 9.31. The zero-order valence-corrected chi connectivity index (χ0v) is 17.4. The lowest BCUT2D eigenvalue weighted by molar-refractivity contribution is -0.0482. The van der Waals surface area contributed by atoms with Crippen molar-refractivity contribution in [3.05, 3.63) is 0 Å². The second-order valence-corrected chi connectivity index (χ2v) is 9.91. The first-order chi connectivity index (χ1) is 10.7. The Morgan fingerprint density at radius 1 is 0.727 bits per heavy atom. The Morgan fingerprint density at radius 3 is 1.41 bits per heavy atom. The van der Waals surface area contributed by atoms with Crippen molar-refractivity contribution in [1.82, 2.24) is 0 Å². The zero-order valence-electron chi connectivity index (χ0n) is 16.2. The van der Waals surface area contributed by atoms with E-state index >= 15 is 0 Å². The van der Waals surface area contributed by atoms with Crippen molar-refractivity contribution >= 4 is 8.80 Å². The fourth-order valence-corrected chi connectivity index (χ4v) is 7.88. The van der Waals surface area contributed by atoms with Crippen LogP contribution in [0.15, 0.2) is 0 Å². The van der Waals surface area contributed by atoms with Crippen molar-refractivity contribution < 1.29 is 9.47 Å². The molecule has 0 amide bonds. The SMILES string of the molecule is CCCCC(CC)C[SiH](CC(CC)CCCC)C(OC)OC. The summed E-state index contributed by atoms with van der Waals surface area (Å²) in [6.07, 6.45) is 10.8. The molecule has 0 rings (SSSR count). The van der Waals surface area contributed by atoms with E-state index in [1.54, 1.807) is 0 Å². The summed E-state index contributed by atoms with van der Waals surface area (Å²) in [7, 11) is 2.63. The highest BCUT2D eigenvalue weighted by molar-refractivity contribution is 6.59. The van der Waals surface area contributed by atoms with Crippen LogP contribution in [0.3, 0.4) is 0 Å². The summed E-state index contributed by atoms with van der Waals surface area (Å²) in [6.45, 7) is 9.31. The normalized spacial score (nSPS) is 16.0.